The summed E-state index contributed by atoms with van der Waals surface area (Å²) in [6.45, 7) is 0. The Bertz CT molecular complexity index is 1180. The summed E-state index contributed by atoms with van der Waals surface area (Å²) in [5.74, 6) is -1.39. The maximum atomic E-state index is 13.4. The molecule has 4 rings (SSSR count). The van der Waals surface area contributed by atoms with E-state index < -0.39 is 20.9 Å². The van der Waals surface area contributed by atoms with E-state index in [0.29, 0.717) is 11.4 Å². The number of aromatic nitrogens is 2. The molecule has 3 aromatic rings. The molecular weight excluding hydrogens is 445 g/mol. The van der Waals surface area contributed by atoms with Crippen molar-refractivity contribution in [2.45, 2.75) is 17.2 Å². The first-order valence-electron chi connectivity index (χ1n) is 8.88. The molecule has 1 aliphatic heterocycles. The van der Waals surface area contributed by atoms with E-state index in [9.17, 15) is 24.2 Å². The van der Waals surface area contributed by atoms with Crippen molar-refractivity contribution in [2.75, 3.05) is 12.4 Å². The number of halogens is 5. The van der Waals surface area contributed by atoms with Gasteiger partial charge in [0, 0.05) is 17.9 Å². The fourth-order valence-corrected chi connectivity index (χ4v) is 4.23. The van der Waals surface area contributed by atoms with Crippen LogP contribution in [-0.4, -0.2) is 23.2 Å². The number of aromatic amines is 1. The summed E-state index contributed by atoms with van der Waals surface area (Å²) in [6.07, 6.45) is 1.67. The van der Waals surface area contributed by atoms with Gasteiger partial charge in [0.05, 0.1) is 13.3 Å². The fraction of sp³-hybridized carbons (Fsp3) is 0.158. The van der Waals surface area contributed by atoms with Gasteiger partial charge in [-0.15, -0.1) is 0 Å². The lowest BCUT2D eigenvalue weighted by atomic mass is 9.87. The molecule has 0 saturated heterocycles. The SMILES string of the molecule is COc1cc(C2CC(=O)Nc3[nH]ncc32)ccc1Oc1ccccc1S(F)(F)(F)(F)F. The second-order valence-electron chi connectivity index (χ2n) is 6.93. The highest BCUT2D eigenvalue weighted by molar-refractivity contribution is 8.45. The van der Waals surface area contributed by atoms with Crippen molar-refractivity contribution in [2.24, 2.45) is 0 Å². The largest absolute Gasteiger partial charge is 0.493 e. The molecule has 0 fully saturated rings. The number of fused-ring (bicyclic) bond motifs is 1. The number of rotatable bonds is 5. The van der Waals surface area contributed by atoms with E-state index in [1.807, 2.05) is 0 Å². The third-order valence-corrected chi connectivity index (χ3v) is 5.94. The molecule has 0 aliphatic carbocycles. The molecule has 1 amide bonds. The summed E-state index contributed by atoms with van der Waals surface area (Å²) in [7, 11) is -8.72. The number of anilines is 1. The van der Waals surface area contributed by atoms with E-state index in [-0.39, 0.29) is 35.8 Å². The van der Waals surface area contributed by atoms with Crippen molar-refractivity contribution >= 4 is 21.9 Å². The number of nitrogens with one attached hydrogen (secondary N) is 2. The first-order valence-corrected chi connectivity index (χ1v) is 10.8. The molecule has 166 valence electrons. The van der Waals surface area contributed by atoms with Crippen molar-refractivity contribution in [3.05, 3.63) is 59.8 Å². The number of para-hydroxylation sites is 1. The van der Waals surface area contributed by atoms with Gasteiger partial charge >= 0.3 is 10.2 Å². The summed E-state index contributed by atoms with van der Waals surface area (Å²) in [6, 6.07) is 7.42. The second-order valence-corrected chi connectivity index (χ2v) is 9.31. The predicted molar refractivity (Wildman–Crippen MR) is 105 cm³/mol. The molecule has 1 aliphatic rings. The minimum atomic E-state index is -9.98. The van der Waals surface area contributed by atoms with Crippen molar-refractivity contribution < 1.29 is 33.7 Å². The summed E-state index contributed by atoms with van der Waals surface area (Å²) in [5.41, 5.74) is 1.34. The highest BCUT2D eigenvalue weighted by atomic mass is 32.5. The molecule has 1 atom stereocenters. The number of hydrogen-bond donors (Lipinski definition) is 2. The number of H-pyrrole nitrogens is 1. The van der Waals surface area contributed by atoms with E-state index in [2.05, 4.69) is 15.5 Å². The first kappa shape index (κ1) is 21.0. The Hall–Kier alpha value is -3.28. The van der Waals surface area contributed by atoms with Crippen LogP contribution in [0.5, 0.6) is 17.2 Å². The molecule has 0 saturated carbocycles. The molecule has 31 heavy (non-hydrogen) atoms. The number of carbonyl (C=O) groups excluding carboxylic acids is 1. The van der Waals surface area contributed by atoms with Gasteiger partial charge < -0.3 is 14.8 Å². The van der Waals surface area contributed by atoms with E-state index >= 15 is 0 Å². The van der Waals surface area contributed by atoms with Crippen LogP contribution in [0.1, 0.15) is 23.5 Å². The highest BCUT2D eigenvalue weighted by Gasteiger charge is 2.67. The van der Waals surface area contributed by atoms with Crippen molar-refractivity contribution in [1.29, 1.82) is 0 Å². The monoisotopic (exact) mass is 461 g/mol. The molecule has 1 unspecified atom stereocenters. The number of ether oxygens (including phenoxy) is 2. The number of carbonyl (C=O) groups is 1. The van der Waals surface area contributed by atoms with Crippen LogP contribution in [0.4, 0.5) is 25.2 Å². The summed E-state index contributed by atoms with van der Waals surface area (Å²) < 4.78 is 77.4. The lowest BCUT2D eigenvalue weighted by molar-refractivity contribution is -0.116. The molecule has 2 aromatic carbocycles. The first-order chi connectivity index (χ1) is 14.4. The Morgan fingerprint density at radius 3 is 2.48 bits per heavy atom. The number of amides is 1. The van der Waals surface area contributed by atoms with Gasteiger partial charge in [0.2, 0.25) is 5.91 Å². The van der Waals surface area contributed by atoms with E-state index in [0.717, 1.165) is 23.8 Å². The Morgan fingerprint density at radius 1 is 1.03 bits per heavy atom. The molecule has 2 N–H and O–H groups in total. The second kappa shape index (κ2) is 6.36. The molecule has 12 heteroatoms. The average Bonchev–Trinajstić information content (AvgIpc) is 3.14. The Morgan fingerprint density at radius 2 is 1.77 bits per heavy atom. The van der Waals surface area contributed by atoms with Gasteiger partial charge in [-0.2, -0.15) is 5.10 Å². The minimum Gasteiger partial charge on any atom is -0.493 e. The lowest BCUT2D eigenvalue weighted by Gasteiger charge is -2.41. The molecule has 0 spiro atoms. The fourth-order valence-electron chi connectivity index (χ4n) is 3.40. The van der Waals surface area contributed by atoms with E-state index in [1.165, 1.54) is 25.3 Å². The zero-order valence-corrected chi connectivity index (χ0v) is 16.7. The quantitative estimate of drug-likeness (QED) is 0.435. The minimum absolute atomic E-state index is 0.0190. The topological polar surface area (TPSA) is 76.2 Å². The maximum absolute atomic E-state index is 13.4. The third kappa shape index (κ3) is 4.15. The number of methoxy groups -OCH3 is 1. The number of nitrogens with zero attached hydrogens (tertiary/aromatic N) is 1. The standard InChI is InChI=1S/C19H16F5N3O3S/c1-29-16-8-11(12-9-18(28)26-19-13(12)10-25-27-19)6-7-14(16)30-15-4-2-3-5-17(15)31(20,21,22,23)24/h2-8,10,12H,9H2,1H3,(H2,25,26,27,28). The van der Waals surface area contributed by atoms with Crippen LogP contribution in [0.2, 0.25) is 0 Å². The average molecular weight is 461 g/mol. The van der Waals surface area contributed by atoms with Gasteiger partial charge in [-0.3, -0.25) is 9.89 Å². The number of benzene rings is 2. The van der Waals surface area contributed by atoms with Crippen LogP contribution in [0.25, 0.3) is 0 Å². The molecule has 0 bridgehead atoms. The Labute approximate surface area is 173 Å². The molecule has 2 heterocycles. The normalized spacial score (nSPS) is 18.4. The summed E-state index contributed by atoms with van der Waals surface area (Å²) >= 11 is 0. The van der Waals surface area contributed by atoms with E-state index in [4.69, 9.17) is 9.47 Å². The zero-order chi connectivity index (χ0) is 22.5. The molecular formula is C19H16F5N3O3S. The smallest absolute Gasteiger partial charge is 0.313 e. The van der Waals surface area contributed by atoms with Crippen LogP contribution in [-0.2, 0) is 4.79 Å². The van der Waals surface area contributed by atoms with Crippen molar-refractivity contribution in [1.82, 2.24) is 10.2 Å². The van der Waals surface area contributed by atoms with Crippen LogP contribution in [0, 0.1) is 0 Å². The van der Waals surface area contributed by atoms with E-state index in [1.54, 1.807) is 6.20 Å². The van der Waals surface area contributed by atoms with Gasteiger partial charge in [-0.1, -0.05) is 37.6 Å². The van der Waals surface area contributed by atoms with Crippen molar-refractivity contribution in [3.63, 3.8) is 0 Å². The maximum Gasteiger partial charge on any atom is 0.313 e. The van der Waals surface area contributed by atoms with Crippen LogP contribution in [0.15, 0.2) is 53.6 Å². The van der Waals surface area contributed by atoms with Crippen LogP contribution in [0.3, 0.4) is 0 Å². The third-order valence-electron chi connectivity index (χ3n) is 4.77. The zero-order valence-electron chi connectivity index (χ0n) is 15.9. The van der Waals surface area contributed by atoms with Gasteiger partial charge in [-0.25, -0.2) is 0 Å². The van der Waals surface area contributed by atoms with Crippen LogP contribution >= 0.6 is 10.2 Å². The Balaban J connectivity index is 1.72. The van der Waals surface area contributed by atoms with Gasteiger partial charge in [0.1, 0.15) is 16.5 Å². The lowest BCUT2D eigenvalue weighted by Crippen LogP contribution is -2.23. The van der Waals surface area contributed by atoms with Gasteiger partial charge in [0.25, 0.3) is 0 Å². The Kier molecular flexibility index (Phi) is 4.30. The number of hydrogen-bond acceptors (Lipinski definition) is 4. The predicted octanol–water partition coefficient (Wildman–Crippen LogP) is 6.34. The highest BCUT2D eigenvalue weighted by Crippen LogP contribution is 3.03. The molecule has 1 aromatic heterocycles. The molecule has 6 nitrogen and oxygen atoms in total. The van der Waals surface area contributed by atoms with Gasteiger partial charge in [0.15, 0.2) is 11.5 Å². The van der Waals surface area contributed by atoms with Crippen molar-refractivity contribution in [3.8, 4) is 17.2 Å². The molecule has 0 radical (unpaired) electrons. The van der Waals surface area contributed by atoms with Gasteiger partial charge in [-0.05, 0) is 29.8 Å². The van der Waals surface area contributed by atoms with Crippen LogP contribution < -0.4 is 14.8 Å². The summed E-state index contributed by atoms with van der Waals surface area (Å²) in [4.78, 5) is 9.85. The summed E-state index contributed by atoms with van der Waals surface area (Å²) in [5, 5.41) is 9.23.